The number of anilines is 1. The van der Waals surface area contributed by atoms with Crippen LogP contribution in [0.15, 0.2) is 24.3 Å². The molecule has 110 valence electrons. The van der Waals surface area contributed by atoms with Gasteiger partial charge in [-0.15, -0.1) is 0 Å². The Kier molecular flexibility index (Phi) is 6.17. The molecule has 0 bridgehead atoms. The standard InChI is InChI=1S/C13H18N2O4S/c1-9(7-8-20(2)19)14-13(18)15-11-6-4-3-5-10(11)12(16)17/h3-6,9H,7-8H2,1-2H3,(H,16,17)(H2,14,15,18). The molecule has 20 heavy (non-hydrogen) atoms. The van der Waals surface area contributed by atoms with E-state index < -0.39 is 22.8 Å². The van der Waals surface area contributed by atoms with Crippen molar-refractivity contribution in [3.63, 3.8) is 0 Å². The fraction of sp³-hybridized carbons (Fsp3) is 0.385. The van der Waals surface area contributed by atoms with Crippen molar-refractivity contribution >= 4 is 28.5 Å². The van der Waals surface area contributed by atoms with Gasteiger partial charge in [-0.25, -0.2) is 9.59 Å². The normalized spacial score (nSPS) is 13.3. The first kappa shape index (κ1) is 16.2. The summed E-state index contributed by atoms with van der Waals surface area (Å²) in [5.41, 5.74) is 0.272. The molecule has 1 aromatic carbocycles. The number of rotatable bonds is 6. The van der Waals surface area contributed by atoms with E-state index in [1.807, 2.05) is 0 Å². The minimum absolute atomic E-state index is 0.0324. The first-order chi connectivity index (χ1) is 9.40. The Morgan fingerprint density at radius 2 is 2.00 bits per heavy atom. The SMILES string of the molecule is CC(CCS(C)=O)NC(=O)Nc1ccccc1C(=O)O. The first-order valence-electron chi connectivity index (χ1n) is 6.10. The van der Waals surface area contributed by atoms with Crippen LogP contribution in [0.1, 0.15) is 23.7 Å². The van der Waals surface area contributed by atoms with Crippen LogP contribution in [-0.4, -0.2) is 39.4 Å². The lowest BCUT2D eigenvalue weighted by Gasteiger charge is -2.14. The largest absolute Gasteiger partial charge is 0.478 e. The van der Waals surface area contributed by atoms with Crippen molar-refractivity contribution in [2.75, 3.05) is 17.3 Å². The van der Waals surface area contributed by atoms with Crippen molar-refractivity contribution in [1.29, 1.82) is 0 Å². The Balaban J connectivity index is 2.58. The van der Waals surface area contributed by atoms with Gasteiger partial charge in [0.1, 0.15) is 0 Å². The number of urea groups is 1. The number of carboxylic acid groups (broad SMARTS) is 1. The van der Waals surface area contributed by atoms with E-state index in [9.17, 15) is 13.8 Å². The molecule has 7 heteroatoms. The third-order valence-electron chi connectivity index (χ3n) is 2.62. The van der Waals surface area contributed by atoms with Crippen LogP contribution >= 0.6 is 0 Å². The Labute approximate surface area is 120 Å². The van der Waals surface area contributed by atoms with Crippen LogP contribution in [0.25, 0.3) is 0 Å². The van der Waals surface area contributed by atoms with E-state index in [2.05, 4.69) is 10.6 Å². The molecule has 0 saturated heterocycles. The minimum Gasteiger partial charge on any atom is -0.478 e. The summed E-state index contributed by atoms with van der Waals surface area (Å²) in [4.78, 5) is 22.7. The van der Waals surface area contributed by atoms with Gasteiger partial charge in [-0.05, 0) is 25.5 Å². The van der Waals surface area contributed by atoms with Crippen molar-refractivity contribution in [1.82, 2.24) is 5.32 Å². The number of carboxylic acids is 1. The maximum absolute atomic E-state index is 11.8. The number of nitrogens with one attached hydrogen (secondary N) is 2. The molecule has 0 saturated carbocycles. The Morgan fingerprint density at radius 1 is 1.35 bits per heavy atom. The zero-order valence-electron chi connectivity index (χ0n) is 11.4. The highest BCUT2D eigenvalue weighted by molar-refractivity contribution is 7.84. The Hall–Kier alpha value is -1.89. The lowest BCUT2D eigenvalue weighted by molar-refractivity contribution is 0.0698. The average molecular weight is 298 g/mol. The van der Waals surface area contributed by atoms with E-state index in [1.54, 1.807) is 25.3 Å². The summed E-state index contributed by atoms with van der Waals surface area (Å²) in [7, 11) is -0.898. The molecule has 2 atom stereocenters. The molecular formula is C13H18N2O4S. The predicted octanol–water partition coefficient (Wildman–Crippen LogP) is 1.66. The second-order valence-corrected chi connectivity index (χ2v) is 5.97. The summed E-state index contributed by atoms with van der Waals surface area (Å²) in [6.07, 6.45) is 2.20. The second kappa shape index (κ2) is 7.64. The molecule has 0 radical (unpaired) electrons. The van der Waals surface area contributed by atoms with E-state index in [-0.39, 0.29) is 17.3 Å². The summed E-state index contributed by atoms with van der Waals surface area (Å²) >= 11 is 0. The van der Waals surface area contributed by atoms with Crippen LogP contribution in [0.2, 0.25) is 0 Å². The molecule has 0 aromatic heterocycles. The second-order valence-electron chi connectivity index (χ2n) is 4.42. The van der Waals surface area contributed by atoms with Crippen molar-refractivity contribution in [3.05, 3.63) is 29.8 Å². The third-order valence-corrected chi connectivity index (χ3v) is 3.43. The highest BCUT2D eigenvalue weighted by Crippen LogP contribution is 2.14. The van der Waals surface area contributed by atoms with E-state index in [0.29, 0.717) is 12.2 Å². The quantitative estimate of drug-likeness (QED) is 0.744. The van der Waals surface area contributed by atoms with Gasteiger partial charge in [0.25, 0.3) is 0 Å². The summed E-state index contributed by atoms with van der Waals surface area (Å²) < 4.78 is 11.0. The molecule has 0 fully saturated rings. The predicted molar refractivity (Wildman–Crippen MR) is 78.6 cm³/mol. The number of carbonyl (C=O) groups is 2. The van der Waals surface area contributed by atoms with Gasteiger partial charge in [-0.2, -0.15) is 0 Å². The fourth-order valence-corrected chi connectivity index (χ4v) is 2.26. The lowest BCUT2D eigenvalue weighted by atomic mass is 10.2. The minimum atomic E-state index is -1.10. The molecule has 0 spiro atoms. The number of carbonyl (C=O) groups excluding carboxylic acids is 1. The Bertz CT molecular complexity index is 519. The van der Waals surface area contributed by atoms with Crippen LogP contribution in [0, 0.1) is 0 Å². The van der Waals surface area contributed by atoms with E-state index >= 15 is 0 Å². The number of para-hydroxylation sites is 1. The van der Waals surface area contributed by atoms with Gasteiger partial charge >= 0.3 is 12.0 Å². The van der Waals surface area contributed by atoms with Gasteiger partial charge in [-0.3, -0.25) is 4.21 Å². The monoisotopic (exact) mass is 298 g/mol. The van der Waals surface area contributed by atoms with Gasteiger partial charge in [0.2, 0.25) is 0 Å². The lowest BCUT2D eigenvalue weighted by Crippen LogP contribution is -2.37. The zero-order valence-corrected chi connectivity index (χ0v) is 12.2. The molecule has 2 amide bonds. The molecule has 0 heterocycles. The summed E-state index contributed by atoms with van der Waals surface area (Å²) in [5, 5.41) is 14.2. The van der Waals surface area contributed by atoms with E-state index in [1.165, 1.54) is 12.1 Å². The molecule has 0 aliphatic heterocycles. The summed E-state index contributed by atoms with van der Waals surface area (Å²) in [6.45, 7) is 1.80. The number of amides is 2. The zero-order chi connectivity index (χ0) is 15.1. The molecule has 1 rings (SSSR count). The van der Waals surface area contributed by atoms with E-state index in [4.69, 9.17) is 5.11 Å². The maximum atomic E-state index is 11.8. The highest BCUT2D eigenvalue weighted by Gasteiger charge is 2.13. The van der Waals surface area contributed by atoms with Crippen LogP contribution in [-0.2, 0) is 10.8 Å². The van der Waals surface area contributed by atoms with Crippen molar-refractivity contribution in [2.45, 2.75) is 19.4 Å². The topological polar surface area (TPSA) is 95.5 Å². The van der Waals surface area contributed by atoms with Gasteiger partial charge < -0.3 is 15.7 Å². The van der Waals surface area contributed by atoms with Gasteiger partial charge in [0.05, 0.1) is 11.3 Å². The average Bonchev–Trinajstić information content (AvgIpc) is 2.36. The highest BCUT2D eigenvalue weighted by atomic mass is 32.2. The molecular weight excluding hydrogens is 280 g/mol. The molecule has 1 aromatic rings. The van der Waals surface area contributed by atoms with Crippen LogP contribution in [0.3, 0.4) is 0 Å². The maximum Gasteiger partial charge on any atom is 0.337 e. The van der Waals surface area contributed by atoms with Crippen molar-refractivity contribution in [3.8, 4) is 0 Å². The van der Waals surface area contributed by atoms with Gasteiger partial charge in [0.15, 0.2) is 0 Å². The van der Waals surface area contributed by atoms with Crippen molar-refractivity contribution < 1.29 is 18.9 Å². The van der Waals surface area contributed by atoms with Gasteiger partial charge in [0, 0.05) is 28.9 Å². The first-order valence-corrected chi connectivity index (χ1v) is 7.82. The fourth-order valence-electron chi connectivity index (χ4n) is 1.58. The number of benzene rings is 1. The molecule has 3 N–H and O–H groups in total. The Morgan fingerprint density at radius 3 is 2.60 bits per heavy atom. The number of hydrogen-bond acceptors (Lipinski definition) is 3. The van der Waals surface area contributed by atoms with Gasteiger partial charge in [-0.1, -0.05) is 12.1 Å². The number of aromatic carboxylic acids is 1. The molecule has 2 unspecified atom stereocenters. The molecule has 0 aliphatic carbocycles. The molecule has 6 nitrogen and oxygen atoms in total. The van der Waals surface area contributed by atoms with Crippen LogP contribution < -0.4 is 10.6 Å². The third kappa shape index (κ3) is 5.40. The smallest absolute Gasteiger partial charge is 0.337 e. The number of hydrogen-bond donors (Lipinski definition) is 3. The summed E-state index contributed by atoms with van der Waals surface area (Å²) in [5.74, 6) is -0.594. The van der Waals surface area contributed by atoms with Crippen molar-refractivity contribution in [2.24, 2.45) is 0 Å². The summed E-state index contributed by atoms with van der Waals surface area (Å²) in [6, 6.07) is 5.55. The van der Waals surface area contributed by atoms with E-state index in [0.717, 1.165) is 0 Å². The van der Waals surface area contributed by atoms with Crippen LogP contribution in [0.4, 0.5) is 10.5 Å². The molecule has 0 aliphatic rings. The van der Waals surface area contributed by atoms with Crippen LogP contribution in [0.5, 0.6) is 0 Å².